The highest BCUT2D eigenvalue weighted by Gasteiger charge is 2.24. The molecule has 1 heterocycles. The van der Waals surface area contributed by atoms with Crippen LogP contribution in [0.5, 0.6) is 0 Å². The second-order valence-electron chi connectivity index (χ2n) is 4.74. The lowest BCUT2D eigenvalue weighted by atomic mass is 10.0. The largest absolute Gasteiger partial charge is 0.383 e. The predicted octanol–water partition coefficient (Wildman–Crippen LogP) is 2.22. The Balaban J connectivity index is 2.91. The fraction of sp³-hybridized carbons (Fsp3) is 0.667. The number of hydrogen-bond donors (Lipinski definition) is 1. The van der Waals surface area contributed by atoms with Crippen molar-refractivity contribution in [3.63, 3.8) is 0 Å². The van der Waals surface area contributed by atoms with E-state index in [4.69, 9.17) is 10.5 Å². The summed E-state index contributed by atoms with van der Waals surface area (Å²) in [5, 5.41) is 0. The molecule has 1 aromatic heterocycles. The number of aromatic nitrogens is 1. The lowest BCUT2D eigenvalue weighted by Gasteiger charge is -2.37. The number of nitrogens with zero attached hydrogens (tertiary/aromatic N) is 2. The van der Waals surface area contributed by atoms with E-state index < -0.39 is 0 Å². The molecule has 4 heteroatoms. The van der Waals surface area contributed by atoms with Crippen LogP contribution in [0.3, 0.4) is 0 Å². The molecule has 0 saturated heterocycles. The van der Waals surface area contributed by atoms with Gasteiger partial charge in [0, 0.05) is 44.7 Å². The van der Waals surface area contributed by atoms with Gasteiger partial charge in [-0.25, -0.2) is 0 Å². The zero-order chi connectivity index (χ0) is 14.1. The van der Waals surface area contributed by atoms with Crippen molar-refractivity contribution in [1.29, 1.82) is 0 Å². The third kappa shape index (κ3) is 4.56. The number of hydrogen-bond acceptors (Lipinski definition) is 4. The molecule has 0 amide bonds. The van der Waals surface area contributed by atoms with Crippen LogP contribution >= 0.6 is 0 Å². The highest BCUT2D eigenvalue weighted by atomic mass is 16.5. The van der Waals surface area contributed by atoms with E-state index in [1.807, 2.05) is 12.3 Å². The van der Waals surface area contributed by atoms with Gasteiger partial charge in [0.05, 0.1) is 6.61 Å². The average Bonchev–Trinajstić information content (AvgIpc) is 2.47. The van der Waals surface area contributed by atoms with Crippen LogP contribution in [-0.4, -0.2) is 42.7 Å². The Labute approximate surface area is 117 Å². The molecule has 0 saturated carbocycles. The number of ether oxygens (including phenoxy) is 1. The van der Waals surface area contributed by atoms with Gasteiger partial charge in [0.2, 0.25) is 0 Å². The van der Waals surface area contributed by atoms with E-state index >= 15 is 0 Å². The smallest absolute Gasteiger partial charge is 0.0590 e. The third-order valence-corrected chi connectivity index (χ3v) is 3.66. The van der Waals surface area contributed by atoms with E-state index in [1.54, 1.807) is 13.3 Å². The van der Waals surface area contributed by atoms with Gasteiger partial charge in [-0.3, -0.25) is 9.88 Å². The summed E-state index contributed by atoms with van der Waals surface area (Å²) in [7, 11) is 1.74. The van der Waals surface area contributed by atoms with Gasteiger partial charge in [0.1, 0.15) is 0 Å². The summed E-state index contributed by atoms with van der Waals surface area (Å²) >= 11 is 0. The lowest BCUT2D eigenvalue weighted by Crippen LogP contribution is -2.42. The maximum Gasteiger partial charge on any atom is 0.0590 e. The van der Waals surface area contributed by atoms with Crippen molar-refractivity contribution in [3.05, 3.63) is 30.1 Å². The number of methoxy groups -OCH3 is 1. The van der Waals surface area contributed by atoms with E-state index in [9.17, 15) is 0 Å². The van der Waals surface area contributed by atoms with Crippen molar-refractivity contribution in [3.8, 4) is 0 Å². The minimum absolute atomic E-state index is 0.216. The van der Waals surface area contributed by atoms with E-state index in [0.717, 1.165) is 26.0 Å². The Morgan fingerprint density at radius 2 is 2.11 bits per heavy atom. The van der Waals surface area contributed by atoms with Crippen LogP contribution in [0.1, 0.15) is 38.3 Å². The molecular weight excluding hydrogens is 238 g/mol. The summed E-state index contributed by atoms with van der Waals surface area (Å²) in [6.45, 7) is 6.69. The SMILES string of the molecule is CCC(CC)N(CCOC)C(CN)c1cccnc1. The zero-order valence-electron chi connectivity index (χ0n) is 12.4. The number of pyridine rings is 1. The monoisotopic (exact) mass is 265 g/mol. The summed E-state index contributed by atoms with van der Waals surface area (Å²) in [5.41, 5.74) is 7.20. The first-order valence-corrected chi connectivity index (χ1v) is 7.13. The van der Waals surface area contributed by atoms with E-state index in [-0.39, 0.29) is 6.04 Å². The van der Waals surface area contributed by atoms with Gasteiger partial charge in [0.15, 0.2) is 0 Å². The molecule has 1 atom stereocenters. The molecule has 0 fully saturated rings. The highest BCUT2D eigenvalue weighted by Crippen LogP contribution is 2.23. The Morgan fingerprint density at radius 3 is 2.58 bits per heavy atom. The minimum atomic E-state index is 0.216. The first kappa shape index (κ1) is 16.1. The molecule has 0 spiro atoms. The molecule has 4 nitrogen and oxygen atoms in total. The van der Waals surface area contributed by atoms with Crippen LogP contribution < -0.4 is 5.73 Å². The van der Waals surface area contributed by atoms with Crippen LogP contribution in [0.4, 0.5) is 0 Å². The van der Waals surface area contributed by atoms with Crippen molar-refractivity contribution < 1.29 is 4.74 Å². The molecule has 0 aliphatic carbocycles. The maximum absolute atomic E-state index is 6.01. The Bertz CT molecular complexity index is 327. The van der Waals surface area contributed by atoms with E-state index in [2.05, 4.69) is 29.8 Å². The van der Waals surface area contributed by atoms with Gasteiger partial charge < -0.3 is 10.5 Å². The summed E-state index contributed by atoms with van der Waals surface area (Å²) in [6, 6.07) is 4.82. The molecule has 1 unspecified atom stereocenters. The number of nitrogens with two attached hydrogens (primary N) is 1. The maximum atomic E-state index is 6.01. The fourth-order valence-electron chi connectivity index (χ4n) is 2.58. The topological polar surface area (TPSA) is 51.4 Å². The molecule has 0 aliphatic rings. The van der Waals surface area contributed by atoms with Crippen LogP contribution in [0.15, 0.2) is 24.5 Å². The van der Waals surface area contributed by atoms with Crippen LogP contribution in [0.25, 0.3) is 0 Å². The first-order valence-electron chi connectivity index (χ1n) is 7.13. The minimum Gasteiger partial charge on any atom is -0.383 e. The van der Waals surface area contributed by atoms with Gasteiger partial charge in [-0.1, -0.05) is 19.9 Å². The molecule has 0 aliphatic heterocycles. The number of rotatable bonds is 9. The molecule has 2 N–H and O–H groups in total. The summed E-state index contributed by atoms with van der Waals surface area (Å²) in [6.07, 6.45) is 5.96. The molecule has 108 valence electrons. The third-order valence-electron chi connectivity index (χ3n) is 3.66. The van der Waals surface area contributed by atoms with Crippen LogP contribution in [0.2, 0.25) is 0 Å². The van der Waals surface area contributed by atoms with Gasteiger partial charge in [-0.2, -0.15) is 0 Å². The second-order valence-corrected chi connectivity index (χ2v) is 4.74. The Kier molecular flexibility index (Phi) is 7.63. The molecule has 19 heavy (non-hydrogen) atoms. The van der Waals surface area contributed by atoms with Gasteiger partial charge in [0.25, 0.3) is 0 Å². The predicted molar refractivity (Wildman–Crippen MR) is 79.0 cm³/mol. The molecule has 0 aromatic carbocycles. The van der Waals surface area contributed by atoms with Crippen molar-refractivity contribution in [1.82, 2.24) is 9.88 Å². The van der Waals surface area contributed by atoms with Crippen molar-refractivity contribution in [2.45, 2.75) is 38.8 Å². The van der Waals surface area contributed by atoms with Crippen molar-refractivity contribution in [2.24, 2.45) is 5.73 Å². The average molecular weight is 265 g/mol. The second kappa shape index (κ2) is 9.02. The van der Waals surface area contributed by atoms with Crippen LogP contribution in [0, 0.1) is 0 Å². The van der Waals surface area contributed by atoms with Gasteiger partial charge in [-0.05, 0) is 24.5 Å². The molecule has 1 rings (SSSR count). The first-order chi connectivity index (χ1) is 9.28. The van der Waals surface area contributed by atoms with Gasteiger partial charge in [-0.15, -0.1) is 0 Å². The quantitative estimate of drug-likeness (QED) is 0.744. The van der Waals surface area contributed by atoms with Crippen molar-refractivity contribution >= 4 is 0 Å². The van der Waals surface area contributed by atoms with Crippen molar-refractivity contribution in [2.75, 3.05) is 26.8 Å². The summed E-state index contributed by atoms with van der Waals surface area (Å²) < 4.78 is 5.24. The Hall–Kier alpha value is -0.970. The molecular formula is C15H27N3O. The fourth-order valence-corrected chi connectivity index (χ4v) is 2.58. The lowest BCUT2D eigenvalue weighted by molar-refractivity contribution is 0.0816. The van der Waals surface area contributed by atoms with E-state index in [1.165, 1.54) is 5.56 Å². The van der Waals surface area contributed by atoms with Crippen LogP contribution in [-0.2, 0) is 4.74 Å². The van der Waals surface area contributed by atoms with E-state index in [0.29, 0.717) is 12.6 Å². The summed E-state index contributed by atoms with van der Waals surface area (Å²) in [4.78, 5) is 6.67. The molecule has 0 radical (unpaired) electrons. The normalized spacial score (nSPS) is 13.2. The molecule has 1 aromatic rings. The zero-order valence-corrected chi connectivity index (χ0v) is 12.4. The standard InChI is InChI=1S/C15H27N3O/c1-4-14(5-2)18(9-10-19-3)15(11-16)13-7-6-8-17-12-13/h6-8,12,14-15H,4-5,9-11,16H2,1-3H3. The molecule has 0 bridgehead atoms. The van der Waals surface area contributed by atoms with Gasteiger partial charge >= 0.3 is 0 Å². The Morgan fingerprint density at radius 1 is 1.37 bits per heavy atom. The summed E-state index contributed by atoms with van der Waals surface area (Å²) in [5.74, 6) is 0. The highest BCUT2D eigenvalue weighted by molar-refractivity contribution is 5.15.